The van der Waals surface area contributed by atoms with Gasteiger partial charge in [0.2, 0.25) is 0 Å². The Morgan fingerprint density at radius 3 is 0.765 bits per heavy atom. The summed E-state index contributed by atoms with van der Waals surface area (Å²) in [5.41, 5.74) is 1.41. The van der Waals surface area contributed by atoms with Gasteiger partial charge in [-0.1, -0.05) is 127 Å². The van der Waals surface area contributed by atoms with Gasteiger partial charge in [0.25, 0.3) is 0 Å². The van der Waals surface area contributed by atoms with Crippen LogP contribution in [-0.4, -0.2) is 44.4 Å². The number of hydrogen-bond acceptors (Lipinski definition) is 4. The van der Waals surface area contributed by atoms with E-state index in [1.54, 1.807) is 0 Å². The summed E-state index contributed by atoms with van der Waals surface area (Å²) in [5.74, 6) is 0. The van der Waals surface area contributed by atoms with Crippen LogP contribution in [0.1, 0.15) is 115 Å². The Bertz CT molecular complexity index is 379. The second kappa shape index (κ2) is 35.3. The predicted molar refractivity (Wildman–Crippen MR) is 144 cm³/mol. The van der Waals surface area contributed by atoms with E-state index < -0.39 is 12.7 Å². The molecule has 0 bridgehead atoms. The maximum Gasteiger partial charge on any atom is 1.00 e. The molecule has 0 amide bonds. The Morgan fingerprint density at radius 2 is 0.706 bits per heavy atom. The van der Waals surface area contributed by atoms with Crippen molar-refractivity contribution in [2.75, 3.05) is 26.2 Å². The Kier molecular flexibility index (Phi) is 58.6. The molecular weight excluding hydrogens is 482 g/mol. The van der Waals surface area contributed by atoms with Crippen molar-refractivity contribution in [2.24, 2.45) is 21.7 Å². The van der Waals surface area contributed by atoms with Gasteiger partial charge in [0, 0.05) is 6.45 Å². The second-order valence-electron chi connectivity index (χ2n) is 11.6. The normalized spacial score (nSPS) is 10.4. The SMILES string of the molecule is C.C.C.CC(C)(C)C[N-]CC(C)(C)C.CC(C)(C)C[N-]CC(C)(C)C.[2H]C(=O)[O-].[2H]C(C)=O.[K+].[K+].[OH-]. The number of carbonyl (C=O) groups excluding carboxylic acids is 2. The van der Waals surface area contributed by atoms with Crippen molar-refractivity contribution in [1.29, 1.82) is 0 Å². The summed E-state index contributed by atoms with van der Waals surface area (Å²) in [6.45, 7) is 31.8. The molecule has 0 fully saturated rings. The van der Waals surface area contributed by atoms with Crippen molar-refractivity contribution in [3.63, 3.8) is 0 Å². The van der Waals surface area contributed by atoms with Gasteiger partial charge >= 0.3 is 103 Å². The van der Waals surface area contributed by atoms with Gasteiger partial charge in [-0.3, -0.25) is 0 Å². The molecule has 0 heterocycles. The summed E-state index contributed by atoms with van der Waals surface area (Å²) in [5, 5.41) is 17.6. The Hall–Kier alpha value is 2.29. The van der Waals surface area contributed by atoms with Gasteiger partial charge in [-0.15, -0.1) is 26.2 Å². The third-order valence-corrected chi connectivity index (χ3v) is 2.34. The van der Waals surface area contributed by atoms with Crippen LogP contribution in [0.3, 0.4) is 0 Å². The molecule has 0 aliphatic rings. The molecule has 0 saturated heterocycles. The fourth-order valence-electron chi connectivity index (χ4n) is 1.45. The topological polar surface area (TPSA) is 115 Å². The molecule has 0 radical (unpaired) electrons. The van der Waals surface area contributed by atoms with Crippen LogP contribution < -0.4 is 108 Å². The molecule has 0 aromatic rings. The summed E-state index contributed by atoms with van der Waals surface area (Å²) in [7, 11) is 0. The van der Waals surface area contributed by atoms with Gasteiger partial charge in [0.15, 0.2) is 0 Å². The molecule has 0 aliphatic carbocycles. The van der Waals surface area contributed by atoms with Crippen LogP contribution in [0.5, 0.6) is 0 Å². The maximum absolute atomic E-state index is 9.11. The Morgan fingerprint density at radius 1 is 0.618 bits per heavy atom. The van der Waals surface area contributed by atoms with Gasteiger partial charge in [0.05, 0.1) is 1.37 Å². The smallest absolute Gasteiger partial charge is 0.870 e. The maximum atomic E-state index is 9.11. The van der Waals surface area contributed by atoms with E-state index in [0.717, 1.165) is 26.2 Å². The molecule has 0 aromatic heterocycles. The molecule has 0 saturated carbocycles. The van der Waals surface area contributed by atoms with E-state index in [-0.39, 0.29) is 131 Å². The van der Waals surface area contributed by atoms with Crippen molar-refractivity contribution in [3.05, 3.63) is 10.6 Å². The number of rotatable bonds is 4. The summed E-state index contributed by atoms with van der Waals surface area (Å²) in [6.07, 6.45) is -2.42. The fourth-order valence-corrected chi connectivity index (χ4v) is 1.45. The molecule has 0 rings (SSSR count). The predicted octanol–water partition coefficient (Wildman–Crippen LogP) is 1.22. The van der Waals surface area contributed by atoms with E-state index in [1.165, 1.54) is 6.92 Å². The average molecular weight is 547 g/mol. The zero-order valence-corrected chi connectivity index (χ0v) is 29.6. The summed E-state index contributed by atoms with van der Waals surface area (Å²) in [6, 6.07) is 0. The third kappa shape index (κ3) is 114. The monoisotopic (exact) mass is 546 g/mol. The molecule has 34 heavy (non-hydrogen) atoms. The van der Waals surface area contributed by atoms with Crippen molar-refractivity contribution >= 4 is 12.7 Å². The zero-order valence-electron chi connectivity index (χ0n) is 25.4. The summed E-state index contributed by atoms with van der Waals surface area (Å²) < 4.78 is 11.3. The number of carboxylic acid groups (broad SMARTS) is 1. The molecule has 1 N–H and O–H groups in total. The first-order valence-electron chi connectivity index (χ1n) is 10.8. The van der Waals surface area contributed by atoms with Gasteiger partial charge in [-0.25, -0.2) is 0 Å². The zero-order chi connectivity index (χ0) is 25.4. The minimum Gasteiger partial charge on any atom is -0.870 e. The third-order valence-electron chi connectivity index (χ3n) is 2.34. The van der Waals surface area contributed by atoms with Gasteiger partial charge < -0.3 is 30.8 Å². The molecule has 6 nitrogen and oxygen atoms in total. The van der Waals surface area contributed by atoms with Crippen molar-refractivity contribution in [3.8, 4) is 0 Å². The van der Waals surface area contributed by atoms with Crippen LogP contribution in [0.4, 0.5) is 0 Å². The van der Waals surface area contributed by atoms with Crippen molar-refractivity contribution < 1.29 is 126 Å². The van der Waals surface area contributed by atoms with Crippen molar-refractivity contribution in [1.82, 2.24) is 0 Å². The van der Waals surface area contributed by atoms with Gasteiger partial charge in [-0.05, 0) is 6.92 Å². The van der Waals surface area contributed by atoms with E-state index in [0.29, 0.717) is 21.7 Å². The molecule has 0 atom stereocenters. The fraction of sp³-hybridized carbons (Fsp3) is 0.923. The molecular formula is C26H62K2N2O4-2. The van der Waals surface area contributed by atoms with Crippen LogP contribution in [0.15, 0.2) is 0 Å². The first-order valence-corrected chi connectivity index (χ1v) is 9.79. The van der Waals surface area contributed by atoms with E-state index in [1.807, 2.05) is 0 Å². The van der Waals surface area contributed by atoms with E-state index >= 15 is 0 Å². The quantitative estimate of drug-likeness (QED) is 0.389. The first kappa shape index (κ1) is 56.5. The Labute approximate surface area is 304 Å². The molecule has 0 unspecified atom stereocenters. The standard InChI is InChI=1S/2C10H22N.C2H4O.CH2O2.3CH4.2K.H2O/c2*1-9(2,3)7-11-8-10(4,5)6;1-2-3;2-1-3;;;;;;/h2*7-8H2,1-6H3;2H,1H3;1H,(H,2,3);3*1H4;;;1H2/q2*-1;;;;;;2*+1;/p-2/i;;2D;1D;;;;;;. The number of carbonyl (C=O) groups is 2. The van der Waals surface area contributed by atoms with Gasteiger partial charge in [-0.2, -0.15) is 0 Å². The molecule has 8 heteroatoms. The molecule has 0 aliphatic heterocycles. The molecule has 0 aromatic carbocycles. The average Bonchev–Trinajstić information content (AvgIpc) is 2.30. The van der Waals surface area contributed by atoms with Crippen LogP contribution in [0.25, 0.3) is 10.6 Å². The number of aldehydes is 1. The number of nitrogens with zero attached hydrogens (tertiary/aromatic N) is 2. The molecule has 0 spiro atoms. The van der Waals surface area contributed by atoms with E-state index in [4.69, 9.17) is 17.4 Å². The molecule has 204 valence electrons. The summed E-state index contributed by atoms with van der Waals surface area (Å²) >= 11 is 0. The largest absolute Gasteiger partial charge is 1.00 e. The van der Waals surface area contributed by atoms with Crippen molar-refractivity contribution in [2.45, 2.75) is 112 Å². The summed E-state index contributed by atoms with van der Waals surface area (Å²) in [4.78, 5) is 17.7. The van der Waals surface area contributed by atoms with E-state index in [2.05, 4.69) is 93.7 Å². The van der Waals surface area contributed by atoms with Crippen LogP contribution in [-0.2, 0) is 9.59 Å². The minimum atomic E-state index is -1.83. The Balaban J connectivity index is -0.0000000321. The number of hydrogen-bond donors (Lipinski definition) is 0. The first-order chi connectivity index (χ1) is 12.9. The van der Waals surface area contributed by atoms with Crippen LogP contribution in [0, 0.1) is 21.7 Å². The van der Waals surface area contributed by atoms with Crippen LogP contribution >= 0.6 is 0 Å². The second-order valence-corrected chi connectivity index (χ2v) is 11.6. The van der Waals surface area contributed by atoms with Gasteiger partial charge in [0.1, 0.15) is 7.63 Å². The van der Waals surface area contributed by atoms with E-state index in [9.17, 15) is 0 Å². The minimum absolute atomic E-state index is 0. The van der Waals surface area contributed by atoms with Crippen LogP contribution in [0.2, 0.25) is 0 Å².